The van der Waals surface area contributed by atoms with Gasteiger partial charge in [0.1, 0.15) is 16.7 Å². The third-order valence-electron chi connectivity index (χ3n) is 5.30. The van der Waals surface area contributed by atoms with Gasteiger partial charge in [-0.25, -0.2) is 15.0 Å². The molecule has 5 rings (SSSR count). The number of thioether (sulfide) groups is 1. The van der Waals surface area contributed by atoms with Crippen molar-refractivity contribution in [2.75, 3.05) is 26.3 Å². The van der Waals surface area contributed by atoms with E-state index in [9.17, 15) is 0 Å². The van der Waals surface area contributed by atoms with Gasteiger partial charge in [-0.3, -0.25) is 4.90 Å². The van der Waals surface area contributed by atoms with Gasteiger partial charge in [0, 0.05) is 25.5 Å². The predicted octanol–water partition coefficient (Wildman–Crippen LogP) is 3.64. The Morgan fingerprint density at radius 2 is 1.69 bits per heavy atom. The van der Waals surface area contributed by atoms with Crippen molar-refractivity contribution in [2.24, 2.45) is 7.05 Å². The summed E-state index contributed by atoms with van der Waals surface area (Å²) < 4.78 is 7.63. The number of para-hydroxylation sites is 3. The molecule has 6 nitrogen and oxygen atoms in total. The summed E-state index contributed by atoms with van der Waals surface area (Å²) in [6, 6.07) is 16.5. The third kappa shape index (κ3) is 3.85. The second-order valence-electron chi connectivity index (χ2n) is 7.22. The first-order chi connectivity index (χ1) is 14.3. The van der Waals surface area contributed by atoms with Gasteiger partial charge in [0.05, 0.1) is 42.1 Å². The van der Waals surface area contributed by atoms with Crippen molar-refractivity contribution in [1.29, 1.82) is 0 Å². The van der Waals surface area contributed by atoms with Crippen LogP contribution in [0.2, 0.25) is 0 Å². The highest BCUT2D eigenvalue weighted by Gasteiger charge is 2.15. The molecule has 0 radical (unpaired) electrons. The SMILES string of the molecule is Cn1c(CSc2nc(CN3CCOCC3)nc3ccccc23)nc2ccccc21. The van der Waals surface area contributed by atoms with E-state index in [4.69, 9.17) is 19.7 Å². The topological polar surface area (TPSA) is 56.1 Å². The zero-order chi connectivity index (χ0) is 19.6. The van der Waals surface area contributed by atoms with Crippen molar-refractivity contribution >= 4 is 33.7 Å². The summed E-state index contributed by atoms with van der Waals surface area (Å²) in [7, 11) is 2.08. The summed E-state index contributed by atoms with van der Waals surface area (Å²) >= 11 is 1.73. The summed E-state index contributed by atoms with van der Waals surface area (Å²) in [6.45, 7) is 4.18. The highest BCUT2D eigenvalue weighted by molar-refractivity contribution is 7.98. The smallest absolute Gasteiger partial charge is 0.144 e. The molecule has 7 heteroatoms. The van der Waals surface area contributed by atoms with Crippen LogP contribution >= 0.6 is 11.8 Å². The molecule has 0 atom stereocenters. The van der Waals surface area contributed by atoms with Crippen molar-refractivity contribution < 1.29 is 4.74 Å². The van der Waals surface area contributed by atoms with E-state index in [-0.39, 0.29) is 0 Å². The average molecular weight is 406 g/mol. The molecule has 0 bridgehead atoms. The molecule has 0 amide bonds. The van der Waals surface area contributed by atoms with Gasteiger partial charge >= 0.3 is 0 Å². The molecule has 1 aliphatic rings. The quantitative estimate of drug-likeness (QED) is 0.373. The lowest BCUT2D eigenvalue weighted by Gasteiger charge is -2.25. The molecule has 0 N–H and O–H groups in total. The van der Waals surface area contributed by atoms with Crippen molar-refractivity contribution in [3.05, 3.63) is 60.2 Å². The number of rotatable bonds is 5. The number of ether oxygens (including phenoxy) is 1. The Kier molecular flexibility index (Phi) is 5.18. The van der Waals surface area contributed by atoms with E-state index < -0.39 is 0 Å². The maximum atomic E-state index is 5.46. The fraction of sp³-hybridized carbons (Fsp3) is 0.318. The number of hydrogen-bond acceptors (Lipinski definition) is 6. The van der Waals surface area contributed by atoms with Crippen LogP contribution in [0.3, 0.4) is 0 Å². The van der Waals surface area contributed by atoms with Gasteiger partial charge in [0.2, 0.25) is 0 Å². The van der Waals surface area contributed by atoms with Gasteiger partial charge in [-0.1, -0.05) is 42.1 Å². The summed E-state index contributed by atoms with van der Waals surface area (Å²) in [5, 5.41) is 2.12. The Hall–Kier alpha value is -2.48. The molecule has 4 aromatic rings. The van der Waals surface area contributed by atoms with Crippen molar-refractivity contribution in [2.45, 2.75) is 17.3 Å². The molecular weight excluding hydrogens is 382 g/mol. The van der Waals surface area contributed by atoms with E-state index in [1.165, 1.54) is 0 Å². The molecule has 0 saturated carbocycles. The first-order valence-electron chi connectivity index (χ1n) is 9.87. The minimum absolute atomic E-state index is 0.758. The van der Waals surface area contributed by atoms with E-state index in [2.05, 4.69) is 46.8 Å². The molecule has 2 aromatic heterocycles. The number of aryl methyl sites for hydroxylation is 1. The number of morpholine rings is 1. The van der Waals surface area contributed by atoms with E-state index in [0.717, 1.165) is 77.2 Å². The lowest BCUT2D eigenvalue weighted by Crippen LogP contribution is -2.36. The molecule has 0 aliphatic carbocycles. The first kappa shape index (κ1) is 18.5. The van der Waals surface area contributed by atoms with E-state index in [0.29, 0.717) is 0 Å². The lowest BCUT2D eigenvalue weighted by atomic mass is 10.2. The van der Waals surface area contributed by atoms with Crippen LogP contribution in [0.4, 0.5) is 0 Å². The van der Waals surface area contributed by atoms with Crippen molar-refractivity contribution in [3.63, 3.8) is 0 Å². The van der Waals surface area contributed by atoms with Gasteiger partial charge < -0.3 is 9.30 Å². The molecule has 2 aromatic carbocycles. The molecule has 3 heterocycles. The summed E-state index contributed by atoms with van der Waals surface area (Å²) in [4.78, 5) is 16.9. The van der Waals surface area contributed by atoms with Crippen LogP contribution in [-0.2, 0) is 24.1 Å². The number of fused-ring (bicyclic) bond motifs is 2. The van der Waals surface area contributed by atoms with E-state index in [1.54, 1.807) is 11.8 Å². The normalized spacial score (nSPS) is 15.3. The number of hydrogen-bond donors (Lipinski definition) is 0. The Labute approximate surface area is 173 Å². The van der Waals surface area contributed by atoms with Crippen molar-refractivity contribution in [1.82, 2.24) is 24.4 Å². The average Bonchev–Trinajstić information content (AvgIpc) is 3.08. The molecular formula is C22H23N5OS. The molecule has 1 fully saturated rings. The maximum Gasteiger partial charge on any atom is 0.144 e. The fourth-order valence-electron chi connectivity index (χ4n) is 3.69. The third-order valence-corrected chi connectivity index (χ3v) is 6.29. The van der Waals surface area contributed by atoms with Gasteiger partial charge in [0.25, 0.3) is 0 Å². The number of nitrogens with zero attached hydrogens (tertiary/aromatic N) is 5. The molecule has 1 saturated heterocycles. The molecule has 148 valence electrons. The zero-order valence-corrected chi connectivity index (χ0v) is 17.2. The van der Waals surface area contributed by atoms with Crippen LogP contribution in [0.5, 0.6) is 0 Å². The van der Waals surface area contributed by atoms with Crippen LogP contribution in [-0.4, -0.2) is 50.7 Å². The highest BCUT2D eigenvalue weighted by atomic mass is 32.2. The molecule has 0 unspecified atom stereocenters. The maximum absolute atomic E-state index is 5.46. The van der Waals surface area contributed by atoms with Crippen LogP contribution in [0.15, 0.2) is 53.6 Å². The van der Waals surface area contributed by atoms with E-state index in [1.807, 2.05) is 18.2 Å². The van der Waals surface area contributed by atoms with E-state index >= 15 is 0 Å². The summed E-state index contributed by atoms with van der Waals surface area (Å²) in [5.74, 6) is 2.69. The fourth-order valence-corrected chi connectivity index (χ4v) is 4.71. The van der Waals surface area contributed by atoms with Gasteiger partial charge in [-0.2, -0.15) is 0 Å². The van der Waals surface area contributed by atoms with Crippen LogP contribution in [0.1, 0.15) is 11.6 Å². The monoisotopic (exact) mass is 405 g/mol. The van der Waals surface area contributed by atoms with Crippen LogP contribution < -0.4 is 0 Å². The minimum atomic E-state index is 0.758. The standard InChI is InChI=1S/C22H23N5OS/c1-26-19-9-5-4-8-18(19)24-21(26)15-29-22-16-6-2-3-7-17(16)23-20(25-22)14-27-10-12-28-13-11-27/h2-9H,10-15H2,1H3. The van der Waals surface area contributed by atoms with Crippen LogP contribution in [0, 0.1) is 0 Å². The summed E-state index contributed by atoms with van der Waals surface area (Å²) in [6.07, 6.45) is 0. The Bertz CT molecular complexity index is 1150. The number of aromatic nitrogens is 4. The molecule has 29 heavy (non-hydrogen) atoms. The van der Waals surface area contributed by atoms with Gasteiger partial charge in [0.15, 0.2) is 0 Å². The van der Waals surface area contributed by atoms with Crippen molar-refractivity contribution in [3.8, 4) is 0 Å². The summed E-state index contributed by atoms with van der Waals surface area (Å²) in [5.41, 5.74) is 3.19. The minimum Gasteiger partial charge on any atom is -0.379 e. The molecule has 0 spiro atoms. The Morgan fingerprint density at radius 1 is 0.931 bits per heavy atom. The van der Waals surface area contributed by atoms with Gasteiger partial charge in [-0.05, 0) is 18.2 Å². The second-order valence-corrected chi connectivity index (χ2v) is 8.18. The lowest BCUT2D eigenvalue weighted by molar-refractivity contribution is 0.0330. The highest BCUT2D eigenvalue weighted by Crippen LogP contribution is 2.29. The number of benzene rings is 2. The predicted molar refractivity (Wildman–Crippen MR) is 116 cm³/mol. The second kappa shape index (κ2) is 8.10. The zero-order valence-electron chi connectivity index (χ0n) is 16.4. The number of imidazole rings is 1. The molecule has 1 aliphatic heterocycles. The van der Waals surface area contributed by atoms with Gasteiger partial charge in [-0.15, -0.1) is 0 Å². The van der Waals surface area contributed by atoms with Crippen LogP contribution in [0.25, 0.3) is 21.9 Å². The Morgan fingerprint density at radius 3 is 2.52 bits per heavy atom. The first-order valence-corrected chi connectivity index (χ1v) is 10.9. The Balaban J connectivity index is 1.43. The largest absolute Gasteiger partial charge is 0.379 e.